The second-order valence-corrected chi connectivity index (χ2v) is 13.1. The lowest BCUT2D eigenvalue weighted by molar-refractivity contribution is -0.140. The molecule has 0 radical (unpaired) electrons. The summed E-state index contributed by atoms with van der Waals surface area (Å²) in [4.78, 5) is 42.5. The number of hydrogen-bond donors (Lipinski definition) is 3. The van der Waals surface area contributed by atoms with E-state index in [0.29, 0.717) is 57.1 Å². The molecular weight excluding hydrogens is 552 g/mol. The van der Waals surface area contributed by atoms with Crippen LogP contribution >= 0.6 is 11.3 Å². The van der Waals surface area contributed by atoms with Gasteiger partial charge in [-0.05, 0) is 43.6 Å². The van der Waals surface area contributed by atoms with E-state index in [0.717, 1.165) is 23.4 Å². The number of carbonyl (C=O) groups excluding carboxylic acids is 3. The molecule has 2 aromatic rings. The van der Waals surface area contributed by atoms with Crippen molar-refractivity contribution in [2.75, 3.05) is 38.2 Å². The lowest BCUT2D eigenvalue weighted by atomic mass is 9.75. The largest absolute Gasteiger partial charge is 0.381 e. The molecule has 3 aliphatic rings. The zero-order chi connectivity index (χ0) is 29.5. The Morgan fingerprint density at radius 3 is 2.67 bits per heavy atom. The van der Waals surface area contributed by atoms with Crippen LogP contribution in [0.25, 0.3) is 0 Å². The third-order valence-corrected chi connectivity index (χ3v) is 9.78. The minimum Gasteiger partial charge on any atom is -0.381 e. The maximum absolute atomic E-state index is 13.8. The first-order valence-corrected chi connectivity index (χ1v) is 15.9. The number of anilines is 1. The summed E-state index contributed by atoms with van der Waals surface area (Å²) in [6.45, 7) is 6.80. The third kappa shape index (κ3) is 7.62. The SMILES string of the molecule is CC(C)c1nnc(NC(=O)CN2CC[C@@H]3NC(=O)[C@@H](Cc4ccccc4)NC(=O)C4(CC=CC[C@@H]3C2)CCOCC4)s1. The standard InChI is InChI=1S/C31H42N6O4S/c1-21(2)28-35-36-30(42-28)34-26(38)20-37-15-11-24-23(19-37)10-6-7-12-31(13-16-41-17-14-31)29(40)33-25(27(39)32-24)18-22-8-4-3-5-9-22/h3-9,21,23-25H,10-20H2,1-2H3,(H,32,39)(H,33,40)(H,34,36,38)/t23-,24+,25-/m1/s1. The van der Waals surface area contributed by atoms with Gasteiger partial charge in [0.25, 0.3) is 0 Å². The molecule has 42 heavy (non-hydrogen) atoms. The quantitative estimate of drug-likeness (QED) is 0.439. The molecule has 4 heterocycles. The predicted molar refractivity (Wildman–Crippen MR) is 162 cm³/mol. The molecule has 3 amide bonds. The van der Waals surface area contributed by atoms with Gasteiger partial charge in [0, 0.05) is 44.7 Å². The van der Waals surface area contributed by atoms with E-state index in [-0.39, 0.29) is 42.1 Å². The molecule has 3 atom stereocenters. The van der Waals surface area contributed by atoms with Crippen LogP contribution in [0.4, 0.5) is 5.13 Å². The van der Waals surface area contributed by atoms with Gasteiger partial charge in [-0.15, -0.1) is 10.2 Å². The van der Waals surface area contributed by atoms with E-state index in [1.54, 1.807) is 0 Å². The fraction of sp³-hybridized carbons (Fsp3) is 0.581. The summed E-state index contributed by atoms with van der Waals surface area (Å²) in [5.74, 6) is 0.0648. The van der Waals surface area contributed by atoms with Crippen LogP contribution in [0.2, 0.25) is 0 Å². The minimum absolute atomic E-state index is 0.0510. The number of fused-ring (bicyclic) bond motifs is 1. The molecule has 11 heteroatoms. The van der Waals surface area contributed by atoms with Crippen molar-refractivity contribution in [3.05, 3.63) is 53.1 Å². The van der Waals surface area contributed by atoms with Crippen molar-refractivity contribution in [3.8, 4) is 0 Å². The number of rotatable bonds is 6. The number of amides is 3. The molecule has 0 bridgehead atoms. The lowest BCUT2D eigenvalue weighted by Gasteiger charge is -2.40. The van der Waals surface area contributed by atoms with Crippen LogP contribution in [-0.4, -0.2) is 77.8 Å². The van der Waals surface area contributed by atoms with Crippen molar-refractivity contribution in [1.82, 2.24) is 25.7 Å². The highest BCUT2D eigenvalue weighted by atomic mass is 32.1. The Kier molecular flexibility index (Phi) is 10.0. The molecule has 2 saturated heterocycles. The summed E-state index contributed by atoms with van der Waals surface area (Å²) in [6, 6.07) is 9.10. The summed E-state index contributed by atoms with van der Waals surface area (Å²) in [7, 11) is 0. The maximum atomic E-state index is 13.8. The second-order valence-electron chi connectivity index (χ2n) is 12.1. The van der Waals surface area contributed by atoms with Gasteiger partial charge < -0.3 is 15.4 Å². The predicted octanol–water partition coefficient (Wildman–Crippen LogP) is 3.28. The number of nitrogens with zero attached hydrogens (tertiary/aromatic N) is 3. The van der Waals surface area contributed by atoms with E-state index in [9.17, 15) is 14.4 Å². The molecule has 0 saturated carbocycles. The van der Waals surface area contributed by atoms with Crippen LogP contribution < -0.4 is 16.0 Å². The van der Waals surface area contributed by atoms with E-state index < -0.39 is 11.5 Å². The van der Waals surface area contributed by atoms with E-state index in [1.165, 1.54) is 11.3 Å². The van der Waals surface area contributed by atoms with Crippen molar-refractivity contribution in [2.24, 2.45) is 11.3 Å². The summed E-state index contributed by atoms with van der Waals surface area (Å²) >= 11 is 1.41. The van der Waals surface area contributed by atoms with Crippen molar-refractivity contribution in [2.45, 2.75) is 70.4 Å². The average molecular weight is 595 g/mol. The molecule has 1 aromatic carbocycles. The number of piperidine rings is 1. The first kappa shape index (κ1) is 30.3. The zero-order valence-corrected chi connectivity index (χ0v) is 25.3. The van der Waals surface area contributed by atoms with Crippen LogP contribution in [0.3, 0.4) is 0 Å². The molecule has 3 aliphatic heterocycles. The van der Waals surface area contributed by atoms with Crippen LogP contribution in [0.1, 0.15) is 62.4 Å². The molecular formula is C31H42N6O4S. The highest BCUT2D eigenvalue weighted by molar-refractivity contribution is 7.15. The Morgan fingerprint density at radius 1 is 1.14 bits per heavy atom. The molecule has 2 fully saturated rings. The highest BCUT2D eigenvalue weighted by Crippen LogP contribution is 2.36. The van der Waals surface area contributed by atoms with Crippen molar-refractivity contribution in [1.29, 1.82) is 0 Å². The molecule has 3 N–H and O–H groups in total. The topological polar surface area (TPSA) is 126 Å². The van der Waals surface area contributed by atoms with Crippen LogP contribution in [-0.2, 0) is 25.5 Å². The van der Waals surface area contributed by atoms with Gasteiger partial charge in [0.1, 0.15) is 11.0 Å². The molecule has 0 aliphatic carbocycles. The summed E-state index contributed by atoms with van der Waals surface area (Å²) in [5.41, 5.74) is 0.415. The molecule has 226 valence electrons. The van der Waals surface area contributed by atoms with Crippen molar-refractivity contribution >= 4 is 34.2 Å². The lowest BCUT2D eigenvalue weighted by Crippen LogP contribution is -2.58. The molecule has 1 spiro atoms. The third-order valence-electron chi connectivity index (χ3n) is 8.64. The normalized spacial score (nSPS) is 25.2. The first-order chi connectivity index (χ1) is 20.3. The van der Waals surface area contributed by atoms with Crippen molar-refractivity contribution in [3.63, 3.8) is 0 Å². The van der Waals surface area contributed by atoms with Gasteiger partial charge in [-0.2, -0.15) is 0 Å². The van der Waals surface area contributed by atoms with Gasteiger partial charge in [-0.25, -0.2) is 0 Å². The number of allylic oxidation sites excluding steroid dienone is 2. The van der Waals surface area contributed by atoms with Crippen LogP contribution in [0, 0.1) is 11.3 Å². The van der Waals surface area contributed by atoms with E-state index in [1.807, 2.05) is 44.2 Å². The first-order valence-electron chi connectivity index (χ1n) is 15.0. The minimum atomic E-state index is -0.671. The van der Waals surface area contributed by atoms with E-state index in [2.05, 4.69) is 43.2 Å². The highest BCUT2D eigenvalue weighted by Gasteiger charge is 2.41. The van der Waals surface area contributed by atoms with Crippen LogP contribution in [0.5, 0.6) is 0 Å². The summed E-state index contributed by atoms with van der Waals surface area (Å²) in [5, 5.41) is 19.0. The second kappa shape index (κ2) is 13.9. The van der Waals surface area contributed by atoms with Gasteiger partial charge in [0.2, 0.25) is 22.9 Å². The monoisotopic (exact) mass is 594 g/mol. The Balaban J connectivity index is 1.30. The Bertz CT molecular complexity index is 1260. The maximum Gasteiger partial charge on any atom is 0.243 e. The van der Waals surface area contributed by atoms with Crippen molar-refractivity contribution < 1.29 is 19.1 Å². The van der Waals surface area contributed by atoms with Gasteiger partial charge in [-0.1, -0.05) is 67.7 Å². The Labute approximate surface area is 251 Å². The Morgan fingerprint density at radius 2 is 1.93 bits per heavy atom. The van der Waals surface area contributed by atoms with Gasteiger partial charge in [0.15, 0.2) is 0 Å². The van der Waals surface area contributed by atoms with Gasteiger partial charge in [-0.3, -0.25) is 24.6 Å². The van der Waals surface area contributed by atoms with Gasteiger partial charge in [0.05, 0.1) is 12.0 Å². The average Bonchev–Trinajstić information content (AvgIpc) is 3.45. The number of carbonyl (C=O) groups is 3. The van der Waals surface area contributed by atoms with Gasteiger partial charge >= 0.3 is 0 Å². The summed E-state index contributed by atoms with van der Waals surface area (Å²) in [6.07, 6.45) is 8.06. The molecule has 5 rings (SSSR count). The number of benzene rings is 1. The zero-order valence-electron chi connectivity index (χ0n) is 24.5. The smallest absolute Gasteiger partial charge is 0.243 e. The number of ether oxygens (including phenoxy) is 1. The molecule has 1 aromatic heterocycles. The van der Waals surface area contributed by atoms with E-state index >= 15 is 0 Å². The number of aromatic nitrogens is 2. The summed E-state index contributed by atoms with van der Waals surface area (Å²) < 4.78 is 5.60. The fourth-order valence-corrected chi connectivity index (χ4v) is 6.84. The number of nitrogens with one attached hydrogen (secondary N) is 3. The molecule has 0 unspecified atom stereocenters. The number of likely N-dealkylation sites (tertiary alicyclic amines) is 1. The Hall–Kier alpha value is -3.15. The molecule has 10 nitrogen and oxygen atoms in total. The van der Waals surface area contributed by atoms with Crippen LogP contribution in [0.15, 0.2) is 42.5 Å². The van der Waals surface area contributed by atoms with E-state index in [4.69, 9.17) is 4.74 Å². The number of hydrogen-bond acceptors (Lipinski definition) is 8. The fourth-order valence-electron chi connectivity index (χ4n) is 6.08.